The summed E-state index contributed by atoms with van der Waals surface area (Å²) in [7, 11) is 0. The lowest BCUT2D eigenvalue weighted by Gasteiger charge is -2.12. The molecule has 0 aromatic carbocycles. The molecule has 0 aliphatic rings. The molecular formula is C12H22N4O. The molecule has 0 bridgehead atoms. The molecule has 1 aromatic rings. The summed E-state index contributed by atoms with van der Waals surface area (Å²) in [4.78, 5) is 10.8. The monoisotopic (exact) mass is 238 g/mol. The van der Waals surface area contributed by atoms with E-state index in [9.17, 15) is 4.79 Å². The summed E-state index contributed by atoms with van der Waals surface area (Å²) in [6.45, 7) is 7.70. The van der Waals surface area contributed by atoms with Crippen LogP contribution in [0.2, 0.25) is 0 Å². The van der Waals surface area contributed by atoms with E-state index in [-0.39, 0.29) is 11.9 Å². The molecule has 0 aliphatic heterocycles. The number of nitrogens with two attached hydrogens (primary N) is 1. The van der Waals surface area contributed by atoms with Crippen LogP contribution in [0.25, 0.3) is 0 Å². The average molecular weight is 238 g/mol. The van der Waals surface area contributed by atoms with Crippen molar-refractivity contribution in [1.82, 2.24) is 15.1 Å². The van der Waals surface area contributed by atoms with Gasteiger partial charge in [-0.25, -0.2) is 0 Å². The smallest absolute Gasteiger partial charge is 0.218 e. The van der Waals surface area contributed by atoms with Crippen molar-refractivity contribution >= 4 is 5.91 Å². The van der Waals surface area contributed by atoms with Gasteiger partial charge in [-0.05, 0) is 26.3 Å². The van der Waals surface area contributed by atoms with Crippen molar-refractivity contribution in [3.63, 3.8) is 0 Å². The minimum atomic E-state index is -0.275. The number of hydrogen-bond donors (Lipinski definition) is 2. The third kappa shape index (κ3) is 4.19. The van der Waals surface area contributed by atoms with Crippen LogP contribution in [-0.2, 0) is 24.3 Å². The van der Waals surface area contributed by atoms with Crippen molar-refractivity contribution in [2.45, 2.75) is 52.7 Å². The highest BCUT2D eigenvalue weighted by atomic mass is 16.1. The van der Waals surface area contributed by atoms with Crippen LogP contribution in [0.4, 0.5) is 0 Å². The lowest BCUT2D eigenvalue weighted by molar-refractivity contribution is -0.118. The first kappa shape index (κ1) is 13.7. The Morgan fingerprint density at radius 1 is 1.59 bits per heavy atom. The highest BCUT2D eigenvalue weighted by Gasteiger charge is 2.09. The first-order valence-electron chi connectivity index (χ1n) is 6.14. The Hall–Kier alpha value is -1.36. The molecule has 5 nitrogen and oxygen atoms in total. The highest BCUT2D eigenvalue weighted by Crippen LogP contribution is 2.06. The zero-order chi connectivity index (χ0) is 12.8. The number of rotatable bonds is 7. The summed E-state index contributed by atoms with van der Waals surface area (Å²) in [5.74, 6) is -0.275. The minimum absolute atomic E-state index is 0.0952. The molecule has 0 saturated carbocycles. The second-order valence-corrected chi connectivity index (χ2v) is 4.25. The Labute approximate surface area is 102 Å². The third-order valence-electron chi connectivity index (χ3n) is 2.71. The number of aryl methyl sites for hydroxylation is 2. The Morgan fingerprint density at radius 2 is 2.29 bits per heavy atom. The Kier molecular flexibility index (Phi) is 5.15. The van der Waals surface area contributed by atoms with E-state index in [1.807, 2.05) is 11.6 Å². The van der Waals surface area contributed by atoms with Crippen LogP contribution in [0, 0.1) is 0 Å². The molecule has 1 amide bonds. The predicted molar refractivity (Wildman–Crippen MR) is 67.4 cm³/mol. The number of carbonyl (C=O) groups is 1. The second-order valence-electron chi connectivity index (χ2n) is 4.25. The lowest BCUT2D eigenvalue weighted by Crippen LogP contribution is -2.31. The minimum Gasteiger partial charge on any atom is -0.370 e. The van der Waals surface area contributed by atoms with Gasteiger partial charge in [0.25, 0.3) is 0 Å². The summed E-state index contributed by atoms with van der Waals surface area (Å²) in [5, 5.41) is 7.75. The number of nitrogens with zero attached hydrogens (tertiary/aromatic N) is 2. The highest BCUT2D eigenvalue weighted by molar-refractivity contribution is 5.74. The second kappa shape index (κ2) is 6.39. The molecule has 0 aliphatic carbocycles. The molecule has 0 saturated heterocycles. The number of aromatic nitrogens is 2. The van der Waals surface area contributed by atoms with Crippen molar-refractivity contribution in [1.29, 1.82) is 0 Å². The molecular weight excluding hydrogens is 216 g/mol. The molecule has 3 N–H and O–H groups in total. The van der Waals surface area contributed by atoms with E-state index in [0.717, 1.165) is 30.9 Å². The molecule has 5 heteroatoms. The van der Waals surface area contributed by atoms with Gasteiger partial charge in [-0.2, -0.15) is 5.10 Å². The summed E-state index contributed by atoms with van der Waals surface area (Å²) in [6.07, 6.45) is 1.30. The first-order valence-corrected chi connectivity index (χ1v) is 6.14. The maximum absolute atomic E-state index is 10.8. The lowest BCUT2D eigenvalue weighted by atomic mass is 10.2. The molecule has 0 radical (unpaired) electrons. The van der Waals surface area contributed by atoms with Crippen LogP contribution >= 0.6 is 0 Å². The van der Waals surface area contributed by atoms with Crippen LogP contribution in [0.1, 0.15) is 38.6 Å². The van der Waals surface area contributed by atoms with Gasteiger partial charge in [-0.3, -0.25) is 9.48 Å². The van der Waals surface area contributed by atoms with Gasteiger partial charge in [0.1, 0.15) is 0 Å². The van der Waals surface area contributed by atoms with E-state index in [0.29, 0.717) is 6.42 Å². The first-order chi connectivity index (χ1) is 8.06. The topological polar surface area (TPSA) is 72.9 Å². The molecule has 1 atom stereocenters. The molecule has 1 unspecified atom stereocenters. The Morgan fingerprint density at radius 3 is 2.82 bits per heavy atom. The quantitative estimate of drug-likeness (QED) is 0.738. The third-order valence-corrected chi connectivity index (χ3v) is 2.71. The fourth-order valence-electron chi connectivity index (χ4n) is 1.76. The molecule has 17 heavy (non-hydrogen) atoms. The largest absolute Gasteiger partial charge is 0.370 e. The fraction of sp³-hybridized carbons (Fsp3) is 0.667. The summed E-state index contributed by atoms with van der Waals surface area (Å²) < 4.78 is 1.99. The van der Waals surface area contributed by atoms with Gasteiger partial charge in [-0.15, -0.1) is 0 Å². The molecule has 0 spiro atoms. The SMILES string of the molecule is CCc1cc(CNC(C)CC(N)=O)n(CC)n1. The number of nitrogens with one attached hydrogen (secondary N) is 1. The molecule has 0 fully saturated rings. The van der Waals surface area contributed by atoms with Crippen LogP contribution < -0.4 is 11.1 Å². The summed E-state index contributed by atoms with van der Waals surface area (Å²) in [5.41, 5.74) is 7.40. The van der Waals surface area contributed by atoms with Crippen molar-refractivity contribution in [3.05, 3.63) is 17.5 Å². The Bertz CT molecular complexity index is 373. The standard InChI is InChI=1S/C12H22N4O/c1-4-10-7-11(16(5-2)15-10)8-14-9(3)6-12(13)17/h7,9,14H,4-6,8H2,1-3H3,(H2,13,17). The van der Waals surface area contributed by atoms with E-state index in [2.05, 4.69) is 30.3 Å². The van der Waals surface area contributed by atoms with E-state index < -0.39 is 0 Å². The van der Waals surface area contributed by atoms with E-state index in [1.165, 1.54) is 0 Å². The van der Waals surface area contributed by atoms with Gasteiger partial charge in [-0.1, -0.05) is 6.92 Å². The van der Waals surface area contributed by atoms with Gasteiger partial charge >= 0.3 is 0 Å². The van der Waals surface area contributed by atoms with Crippen LogP contribution in [-0.4, -0.2) is 21.7 Å². The molecule has 96 valence electrons. The van der Waals surface area contributed by atoms with E-state index in [1.54, 1.807) is 0 Å². The van der Waals surface area contributed by atoms with E-state index in [4.69, 9.17) is 5.73 Å². The van der Waals surface area contributed by atoms with E-state index >= 15 is 0 Å². The average Bonchev–Trinajstić information content (AvgIpc) is 2.67. The maximum atomic E-state index is 10.8. The molecule has 1 rings (SSSR count). The van der Waals surface area contributed by atoms with Gasteiger partial charge in [0, 0.05) is 25.6 Å². The van der Waals surface area contributed by atoms with Crippen molar-refractivity contribution in [2.75, 3.05) is 0 Å². The van der Waals surface area contributed by atoms with Crippen LogP contribution in [0.15, 0.2) is 6.07 Å². The normalized spacial score (nSPS) is 12.6. The number of carbonyl (C=O) groups excluding carboxylic acids is 1. The number of primary amides is 1. The van der Waals surface area contributed by atoms with Crippen LogP contribution in [0.5, 0.6) is 0 Å². The number of hydrogen-bond acceptors (Lipinski definition) is 3. The predicted octanol–water partition coefficient (Wildman–Crippen LogP) is 0.819. The van der Waals surface area contributed by atoms with Crippen molar-refractivity contribution in [2.24, 2.45) is 5.73 Å². The van der Waals surface area contributed by atoms with Gasteiger partial charge in [0.05, 0.1) is 11.4 Å². The van der Waals surface area contributed by atoms with Crippen molar-refractivity contribution in [3.8, 4) is 0 Å². The zero-order valence-electron chi connectivity index (χ0n) is 10.9. The zero-order valence-corrected chi connectivity index (χ0v) is 10.9. The fourth-order valence-corrected chi connectivity index (χ4v) is 1.76. The maximum Gasteiger partial charge on any atom is 0.218 e. The summed E-state index contributed by atoms with van der Waals surface area (Å²) >= 11 is 0. The van der Waals surface area contributed by atoms with Gasteiger partial charge in [0.2, 0.25) is 5.91 Å². The van der Waals surface area contributed by atoms with Gasteiger partial charge in [0.15, 0.2) is 0 Å². The number of amides is 1. The van der Waals surface area contributed by atoms with Crippen LogP contribution in [0.3, 0.4) is 0 Å². The van der Waals surface area contributed by atoms with Gasteiger partial charge < -0.3 is 11.1 Å². The van der Waals surface area contributed by atoms with Crippen molar-refractivity contribution < 1.29 is 4.79 Å². The summed E-state index contributed by atoms with van der Waals surface area (Å²) in [6, 6.07) is 2.20. The molecule has 1 heterocycles. The Balaban J connectivity index is 2.55. The molecule has 1 aromatic heterocycles.